The van der Waals surface area contributed by atoms with Crippen LogP contribution in [0, 0.1) is 5.92 Å². The molecule has 15 nitrogen and oxygen atoms in total. The monoisotopic (exact) mass is 894 g/mol. The third kappa shape index (κ3) is 11.3. The molecule has 3 heterocycles. The second-order valence-corrected chi connectivity index (χ2v) is 18.9. The topological polar surface area (TPSA) is 182 Å². The Balaban J connectivity index is 1.17. The summed E-state index contributed by atoms with van der Waals surface area (Å²) < 4.78 is 9.49. The number of nitrogens with one attached hydrogen (secondary N) is 4. The van der Waals surface area contributed by atoms with E-state index < -0.39 is 36.5 Å². The number of anilines is 3. The van der Waals surface area contributed by atoms with Crippen LogP contribution >= 0.6 is 0 Å². The standard InChI is InChI=1S/C50H67N7O8/c1-30(2)42(53-48(62)64-8)46(60)55-28-10-12-40(55)44(58)51-35-20-14-32(15-21-35)38-26-27-39(57(38)37-24-18-34(19-25-37)50(5,6)7)33-16-22-36(23-17-33)52-45(59)41-13-11-29-56(41)47(61)43(31(3)4)54-49(63)65-9/h14-25,30,38-42,47,61H,10-13,26-29H2,1-9H3,(H,51,58)(H,52,59)(H,53,62)(H,54,63)/t38-,39-,40-,41-,42-,47?/m0/s1. The Kier molecular flexibility index (Phi) is 15.6. The van der Waals surface area contributed by atoms with Gasteiger partial charge in [-0.2, -0.15) is 0 Å². The van der Waals surface area contributed by atoms with Gasteiger partial charge in [-0.25, -0.2) is 9.59 Å². The number of aliphatic hydroxyl groups is 1. The molecule has 0 spiro atoms. The number of amides is 5. The number of allylic oxidation sites excluding steroid dienone is 1. The normalized spacial score (nSPS) is 20.8. The van der Waals surface area contributed by atoms with E-state index in [9.17, 15) is 29.1 Å². The highest BCUT2D eigenvalue weighted by Gasteiger charge is 2.40. The Bertz CT molecular complexity index is 2200. The van der Waals surface area contributed by atoms with Gasteiger partial charge in [-0.1, -0.05) is 76.6 Å². The van der Waals surface area contributed by atoms with Crippen LogP contribution in [0.1, 0.15) is 116 Å². The number of hydrogen-bond acceptors (Lipinski definition) is 10. The van der Waals surface area contributed by atoms with Crippen molar-refractivity contribution in [3.8, 4) is 0 Å². The molecule has 3 saturated heterocycles. The van der Waals surface area contributed by atoms with Gasteiger partial charge in [-0.3, -0.25) is 24.6 Å². The lowest BCUT2D eigenvalue weighted by Crippen LogP contribution is -2.54. The number of methoxy groups -OCH3 is 2. The molecule has 6 atom stereocenters. The van der Waals surface area contributed by atoms with Crippen LogP contribution in [0.3, 0.4) is 0 Å². The van der Waals surface area contributed by atoms with Gasteiger partial charge in [0.2, 0.25) is 17.7 Å². The minimum absolute atomic E-state index is 0.0106. The van der Waals surface area contributed by atoms with Crippen molar-refractivity contribution >= 4 is 47.0 Å². The van der Waals surface area contributed by atoms with E-state index in [1.165, 1.54) is 19.8 Å². The van der Waals surface area contributed by atoms with Gasteiger partial charge in [0.25, 0.3) is 0 Å². The van der Waals surface area contributed by atoms with Gasteiger partial charge in [0.1, 0.15) is 18.3 Å². The first-order valence-electron chi connectivity index (χ1n) is 22.7. The maximum Gasteiger partial charge on any atom is 0.411 e. The molecule has 1 unspecified atom stereocenters. The van der Waals surface area contributed by atoms with Crippen molar-refractivity contribution in [3.63, 3.8) is 0 Å². The van der Waals surface area contributed by atoms with Crippen molar-refractivity contribution in [2.24, 2.45) is 5.92 Å². The van der Waals surface area contributed by atoms with E-state index in [-0.39, 0.29) is 41.1 Å². The van der Waals surface area contributed by atoms with Crippen LogP contribution < -0.4 is 26.2 Å². The zero-order valence-electron chi connectivity index (χ0n) is 39.3. The van der Waals surface area contributed by atoms with E-state index in [2.05, 4.69) is 95.5 Å². The Morgan fingerprint density at radius 1 is 0.692 bits per heavy atom. The fourth-order valence-corrected chi connectivity index (χ4v) is 9.31. The number of nitrogens with zero attached hydrogens (tertiary/aromatic N) is 3. The summed E-state index contributed by atoms with van der Waals surface area (Å²) >= 11 is 0. The van der Waals surface area contributed by atoms with E-state index in [1.54, 1.807) is 23.6 Å². The Morgan fingerprint density at radius 3 is 1.69 bits per heavy atom. The molecule has 3 aromatic carbocycles. The average molecular weight is 894 g/mol. The summed E-state index contributed by atoms with van der Waals surface area (Å²) in [5.74, 6) is -1.01. The van der Waals surface area contributed by atoms with Gasteiger partial charge in [0, 0.05) is 30.2 Å². The van der Waals surface area contributed by atoms with Gasteiger partial charge >= 0.3 is 12.2 Å². The van der Waals surface area contributed by atoms with Gasteiger partial charge in [-0.15, -0.1) is 0 Å². The number of hydrogen-bond donors (Lipinski definition) is 5. The first kappa shape index (κ1) is 48.5. The maximum atomic E-state index is 13.7. The molecule has 0 saturated carbocycles. The minimum Gasteiger partial charge on any atom is -0.453 e. The fraction of sp³-hybridized carbons (Fsp3) is 0.500. The summed E-state index contributed by atoms with van der Waals surface area (Å²) in [6, 6.07) is 22.7. The third-order valence-electron chi connectivity index (χ3n) is 12.9. The van der Waals surface area contributed by atoms with E-state index in [0.29, 0.717) is 61.4 Å². The second kappa shape index (κ2) is 20.9. The molecule has 15 heteroatoms. The Hall–Kier alpha value is -5.93. The van der Waals surface area contributed by atoms with Crippen LogP contribution in [-0.4, -0.2) is 96.5 Å². The summed E-state index contributed by atoms with van der Waals surface area (Å²) in [6.07, 6.45) is 1.68. The highest BCUT2D eigenvalue weighted by Crippen LogP contribution is 2.47. The van der Waals surface area contributed by atoms with Gasteiger partial charge in [0.05, 0.1) is 38.0 Å². The number of alkyl carbamates (subject to hydrolysis) is 2. The highest BCUT2D eigenvalue weighted by molar-refractivity contribution is 5.99. The van der Waals surface area contributed by atoms with Crippen LogP contribution in [0.25, 0.3) is 0 Å². The van der Waals surface area contributed by atoms with E-state index in [0.717, 1.165) is 29.7 Å². The summed E-state index contributed by atoms with van der Waals surface area (Å²) in [5.41, 5.74) is 6.79. The number of ether oxygens (including phenoxy) is 2. The lowest BCUT2D eigenvalue weighted by Gasteiger charge is -2.34. The predicted octanol–water partition coefficient (Wildman–Crippen LogP) is 7.75. The third-order valence-corrected chi connectivity index (χ3v) is 12.9. The molecule has 3 aliphatic rings. The molecule has 0 bridgehead atoms. The number of benzene rings is 3. The minimum atomic E-state index is -1.18. The number of rotatable bonds is 13. The smallest absolute Gasteiger partial charge is 0.411 e. The predicted molar refractivity (Wildman–Crippen MR) is 251 cm³/mol. The summed E-state index contributed by atoms with van der Waals surface area (Å²) in [6.45, 7) is 14.8. The molecule has 350 valence electrons. The van der Waals surface area contributed by atoms with Crippen molar-refractivity contribution in [1.29, 1.82) is 0 Å². The first-order valence-corrected chi connectivity index (χ1v) is 22.7. The lowest BCUT2D eigenvalue weighted by atomic mass is 9.87. The van der Waals surface area contributed by atoms with Crippen LogP contribution in [-0.2, 0) is 29.3 Å². The lowest BCUT2D eigenvalue weighted by molar-refractivity contribution is -0.139. The van der Waals surface area contributed by atoms with Crippen molar-refractivity contribution < 1.29 is 38.6 Å². The number of likely N-dealkylation sites (tertiary alicyclic amines) is 2. The zero-order valence-corrected chi connectivity index (χ0v) is 39.3. The first-order chi connectivity index (χ1) is 30.9. The number of carbonyl (C=O) groups excluding carboxylic acids is 5. The van der Waals surface area contributed by atoms with E-state index >= 15 is 0 Å². The van der Waals surface area contributed by atoms with Crippen LogP contribution in [0.4, 0.5) is 26.7 Å². The zero-order chi connectivity index (χ0) is 47.2. The number of carbonyl (C=O) groups is 5. The summed E-state index contributed by atoms with van der Waals surface area (Å²) in [7, 11) is 2.51. The van der Waals surface area contributed by atoms with Crippen LogP contribution in [0.2, 0.25) is 0 Å². The molecule has 0 aliphatic carbocycles. The largest absolute Gasteiger partial charge is 0.453 e. The van der Waals surface area contributed by atoms with Gasteiger partial charge in [0.15, 0.2) is 0 Å². The number of aliphatic hydroxyl groups excluding tert-OH is 1. The molecule has 5 N–H and O–H groups in total. The summed E-state index contributed by atoms with van der Waals surface area (Å²) in [4.78, 5) is 70.7. The molecule has 3 aromatic rings. The van der Waals surface area contributed by atoms with Crippen LogP contribution in [0.15, 0.2) is 84.1 Å². The maximum absolute atomic E-state index is 13.7. The average Bonchev–Trinajstić information content (AvgIpc) is 4.08. The Morgan fingerprint density at radius 2 is 1.20 bits per heavy atom. The Labute approximate surface area is 383 Å². The quantitative estimate of drug-likeness (QED) is 0.114. The van der Waals surface area contributed by atoms with E-state index in [1.807, 2.05) is 38.1 Å². The molecule has 6 rings (SSSR count). The molecule has 5 amide bonds. The fourth-order valence-electron chi connectivity index (χ4n) is 9.31. The van der Waals surface area contributed by atoms with Crippen molar-refractivity contribution in [2.45, 2.75) is 129 Å². The molecule has 65 heavy (non-hydrogen) atoms. The van der Waals surface area contributed by atoms with Crippen molar-refractivity contribution in [3.05, 3.63) is 101 Å². The van der Waals surface area contributed by atoms with Gasteiger partial charge < -0.3 is 40.3 Å². The molecule has 0 aromatic heterocycles. The molecule has 0 radical (unpaired) electrons. The molecule has 3 fully saturated rings. The molecule has 3 aliphatic heterocycles. The highest BCUT2D eigenvalue weighted by atomic mass is 16.5. The van der Waals surface area contributed by atoms with Crippen molar-refractivity contribution in [1.82, 2.24) is 20.4 Å². The molecular weight excluding hydrogens is 827 g/mol. The summed E-state index contributed by atoms with van der Waals surface area (Å²) in [5, 5.41) is 22.6. The van der Waals surface area contributed by atoms with E-state index in [4.69, 9.17) is 9.47 Å². The van der Waals surface area contributed by atoms with Gasteiger partial charge in [-0.05, 0) is 117 Å². The van der Waals surface area contributed by atoms with Crippen LogP contribution in [0.5, 0.6) is 0 Å². The molecular formula is C50H67N7O8. The second-order valence-electron chi connectivity index (χ2n) is 18.9. The van der Waals surface area contributed by atoms with Crippen molar-refractivity contribution in [2.75, 3.05) is 42.8 Å². The SMILES string of the molecule is COC(=O)NC(=C(C)C)C(O)N1CCC[C@H]1C(=O)Nc1ccc([C@@H]2CC[C@@H](c3ccc(NC(=O)[C@@H]4CCCN4C(=O)[C@@H](NC(=O)OC)C(C)C)cc3)N2c2ccc(C(C)(C)C)cc2)cc1.